The van der Waals surface area contributed by atoms with Crippen LogP contribution in [0.3, 0.4) is 0 Å². The summed E-state index contributed by atoms with van der Waals surface area (Å²) in [6, 6.07) is 2.98. The van der Waals surface area contributed by atoms with E-state index in [1.54, 1.807) is 4.90 Å². The lowest BCUT2D eigenvalue weighted by Crippen LogP contribution is -2.40. The first-order chi connectivity index (χ1) is 14.3. The number of benzene rings is 1. The summed E-state index contributed by atoms with van der Waals surface area (Å²) in [5, 5.41) is -0.254. The molecule has 3 rings (SSSR count). The van der Waals surface area contributed by atoms with Crippen LogP contribution in [0.25, 0.3) is 6.08 Å². The molecule has 0 aliphatic carbocycles. The molecule has 0 atom stereocenters. The summed E-state index contributed by atoms with van der Waals surface area (Å²) in [5.41, 5.74) is 0.465. The summed E-state index contributed by atoms with van der Waals surface area (Å²) in [5.74, 6) is -1.28. The Balaban J connectivity index is 1.73. The number of ether oxygens (including phenoxy) is 2. The lowest BCUT2D eigenvalue weighted by molar-refractivity contribution is -0.142. The smallest absolute Gasteiger partial charge is 0.343 e. The number of likely N-dealkylation sites (tertiary alicyclic amines) is 1. The molecule has 3 amide bonds. The molecule has 2 heterocycles. The Labute approximate surface area is 187 Å². The Kier molecular flexibility index (Phi) is 7.27. The highest BCUT2D eigenvalue weighted by Gasteiger charge is 2.37. The lowest BCUT2D eigenvalue weighted by Gasteiger charge is -2.18. The van der Waals surface area contributed by atoms with Crippen molar-refractivity contribution in [2.75, 3.05) is 33.4 Å². The minimum atomic E-state index is -0.594. The molecule has 0 saturated carbocycles. The number of halogens is 2. The molecule has 160 valence electrons. The van der Waals surface area contributed by atoms with Gasteiger partial charge in [0.05, 0.1) is 22.1 Å². The standard InChI is InChI=1S/C19H18Cl2N2O6S/c1-28-16(25)10-29-17-12(20)6-11(7-13(17)21)8-14-18(26)23(19(27)30-14)9-15(24)22-4-2-3-5-22/h6-8H,2-5,9-10H2,1H3/b14-8+. The number of imide groups is 1. The first-order valence-corrected chi connectivity index (χ1v) is 10.6. The Morgan fingerprint density at radius 3 is 2.40 bits per heavy atom. The van der Waals surface area contributed by atoms with Gasteiger partial charge in [-0.1, -0.05) is 23.2 Å². The van der Waals surface area contributed by atoms with E-state index in [2.05, 4.69) is 4.74 Å². The van der Waals surface area contributed by atoms with Gasteiger partial charge in [0.25, 0.3) is 11.1 Å². The largest absolute Gasteiger partial charge is 0.479 e. The summed E-state index contributed by atoms with van der Waals surface area (Å²) in [7, 11) is 1.23. The van der Waals surface area contributed by atoms with Crippen molar-refractivity contribution in [3.63, 3.8) is 0 Å². The number of hydrogen-bond donors (Lipinski definition) is 0. The summed E-state index contributed by atoms with van der Waals surface area (Å²) in [6.07, 6.45) is 3.32. The van der Waals surface area contributed by atoms with Crippen molar-refractivity contribution in [2.24, 2.45) is 0 Å². The van der Waals surface area contributed by atoms with E-state index in [1.165, 1.54) is 25.3 Å². The molecule has 8 nitrogen and oxygen atoms in total. The third-order valence-electron chi connectivity index (χ3n) is 4.51. The van der Waals surface area contributed by atoms with Gasteiger partial charge in [0.2, 0.25) is 5.91 Å². The summed E-state index contributed by atoms with van der Waals surface area (Å²) < 4.78 is 9.75. The topological polar surface area (TPSA) is 93.2 Å². The molecule has 1 aromatic rings. The molecule has 0 unspecified atom stereocenters. The Morgan fingerprint density at radius 1 is 1.17 bits per heavy atom. The van der Waals surface area contributed by atoms with Gasteiger partial charge in [0, 0.05) is 13.1 Å². The molecule has 2 fully saturated rings. The fraction of sp³-hybridized carbons (Fsp3) is 0.368. The maximum atomic E-state index is 12.6. The molecule has 0 N–H and O–H groups in total. The van der Waals surface area contributed by atoms with Crippen molar-refractivity contribution in [2.45, 2.75) is 12.8 Å². The van der Waals surface area contributed by atoms with Crippen LogP contribution in [0.2, 0.25) is 10.0 Å². The minimum Gasteiger partial charge on any atom is -0.479 e. The predicted molar refractivity (Wildman–Crippen MR) is 112 cm³/mol. The summed E-state index contributed by atoms with van der Waals surface area (Å²) in [4.78, 5) is 51.1. The zero-order valence-electron chi connectivity index (χ0n) is 16.0. The second-order valence-corrected chi connectivity index (χ2v) is 8.34. The number of amides is 3. The Morgan fingerprint density at radius 2 is 1.80 bits per heavy atom. The summed E-state index contributed by atoms with van der Waals surface area (Å²) >= 11 is 13.1. The number of rotatable bonds is 6. The van der Waals surface area contributed by atoms with Gasteiger partial charge in [0.1, 0.15) is 6.54 Å². The van der Waals surface area contributed by atoms with E-state index in [0.717, 1.165) is 29.5 Å². The van der Waals surface area contributed by atoms with Crippen molar-refractivity contribution >= 4 is 64.1 Å². The van der Waals surface area contributed by atoms with E-state index in [0.29, 0.717) is 18.7 Å². The highest BCUT2D eigenvalue weighted by molar-refractivity contribution is 8.18. The SMILES string of the molecule is COC(=O)COc1c(Cl)cc(/C=C2/SC(=O)N(CC(=O)N3CCCC3)C2=O)cc1Cl. The number of methoxy groups -OCH3 is 1. The molecule has 30 heavy (non-hydrogen) atoms. The predicted octanol–water partition coefficient (Wildman–Crippen LogP) is 3.20. The molecule has 0 aromatic heterocycles. The van der Waals surface area contributed by atoms with Gasteiger partial charge in [-0.25, -0.2) is 4.79 Å². The second kappa shape index (κ2) is 9.72. The molecular weight excluding hydrogens is 455 g/mol. The highest BCUT2D eigenvalue weighted by Crippen LogP contribution is 2.37. The maximum Gasteiger partial charge on any atom is 0.343 e. The average molecular weight is 473 g/mol. The van der Waals surface area contributed by atoms with Gasteiger partial charge < -0.3 is 14.4 Å². The van der Waals surface area contributed by atoms with E-state index in [-0.39, 0.29) is 39.8 Å². The Hall–Kier alpha value is -2.23. The second-order valence-electron chi connectivity index (χ2n) is 6.53. The third-order valence-corrected chi connectivity index (χ3v) is 5.98. The highest BCUT2D eigenvalue weighted by atomic mass is 35.5. The van der Waals surface area contributed by atoms with Crippen LogP contribution in [0.1, 0.15) is 18.4 Å². The van der Waals surface area contributed by atoms with Crippen LogP contribution in [0.15, 0.2) is 17.0 Å². The minimum absolute atomic E-state index is 0.102. The first-order valence-electron chi connectivity index (χ1n) is 9.02. The van der Waals surface area contributed by atoms with Crippen LogP contribution in [0.5, 0.6) is 5.75 Å². The molecule has 2 saturated heterocycles. The van der Waals surface area contributed by atoms with Crippen LogP contribution in [-0.4, -0.2) is 66.2 Å². The van der Waals surface area contributed by atoms with Crippen molar-refractivity contribution in [1.29, 1.82) is 0 Å². The molecule has 11 heteroatoms. The van der Waals surface area contributed by atoms with Crippen LogP contribution in [0.4, 0.5) is 4.79 Å². The number of nitrogens with zero attached hydrogens (tertiary/aromatic N) is 2. The zero-order chi connectivity index (χ0) is 21.8. The van der Waals surface area contributed by atoms with Gasteiger partial charge in [-0.3, -0.25) is 19.3 Å². The molecule has 2 aliphatic heterocycles. The van der Waals surface area contributed by atoms with E-state index in [9.17, 15) is 19.2 Å². The maximum absolute atomic E-state index is 12.6. The quantitative estimate of drug-likeness (QED) is 0.463. The van der Waals surface area contributed by atoms with Gasteiger partial charge in [-0.2, -0.15) is 0 Å². The van der Waals surface area contributed by atoms with E-state index in [1.807, 2.05) is 0 Å². The van der Waals surface area contributed by atoms with Crippen molar-refractivity contribution in [1.82, 2.24) is 9.80 Å². The Bertz CT molecular complexity index is 907. The number of esters is 1. The molecule has 0 spiro atoms. The fourth-order valence-corrected chi connectivity index (χ4v) is 4.43. The van der Waals surface area contributed by atoms with E-state index in [4.69, 9.17) is 27.9 Å². The first kappa shape index (κ1) is 22.5. The van der Waals surface area contributed by atoms with Gasteiger partial charge in [-0.05, 0) is 48.4 Å². The molecular formula is C19H18Cl2N2O6S. The van der Waals surface area contributed by atoms with Gasteiger partial charge in [-0.15, -0.1) is 0 Å². The van der Waals surface area contributed by atoms with Crippen molar-refractivity contribution in [3.8, 4) is 5.75 Å². The zero-order valence-corrected chi connectivity index (χ0v) is 18.3. The fourth-order valence-electron chi connectivity index (χ4n) is 2.98. The normalized spacial score (nSPS) is 17.8. The summed E-state index contributed by atoms with van der Waals surface area (Å²) in [6.45, 7) is 0.654. The van der Waals surface area contributed by atoms with Crippen LogP contribution < -0.4 is 4.74 Å². The molecule has 0 bridgehead atoms. The molecule has 0 radical (unpaired) electrons. The molecule has 2 aliphatic rings. The van der Waals surface area contributed by atoms with E-state index < -0.39 is 17.1 Å². The monoisotopic (exact) mass is 472 g/mol. The lowest BCUT2D eigenvalue weighted by atomic mass is 10.2. The van der Waals surface area contributed by atoms with Crippen molar-refractivity contribution < 1.29 is 28.7 Å². The third kappa shape index (κ3) is 5.08. The molecule has 1 aromatic carbocycles. The van der Waals surface area contributed by atoms with Crippen LogP contribution in [0, 0.1) is 0 Å². The van der Waals surface area contributed by atoms with Gasteiger partial charge >= 0.3 is 5.97 Å². The number of carbonyl (C=O) groups excluding carboxylic acids is 4. The van der Waals surface area contributed by atoms with Crippen molar-refractivity contribution in [3.05, 3.63) is 32.6 Å². The van der Waals surface area contributed by atoms with Crippen LogP contribution in [-0.2, 0) is 19.1 Å². The average Bonchev–Trinajstić information content (AvgIpc) is 3.32. The van der Waals surface area contributed by atoms with E-state index >= 15 is 0 Å². The number of hydrogen-bond acceptors (Lipinski definition) is 7. The van der Waals surface area contributed by atoms with Crippen LogP contribution >= 0.6 is 35.0 Å². The number of thioether (sulfide) groups is 1. The number of carbonyl (C=O) groups is 4. The van der Waals surface area contributed by atoms with Gasteiger partial charge in [0.15, 0.2) is 12.4 Å².